The van der Waals surface area contributed by atoms with Crippen molar-refractivity contribution >= 4 is 91.4 Å². The van der Waals surface area contributed by atoms with E-state index in [9.17, 15) is 32.3 Å². The average molecular weight is 1110 g/mol. The second kappa shape index (κ2) is 29.4. The SMILES string of the molecule is CC(=O)c1c(C)c(N)c(C)c(N)c1C.CC(=O)c1cc(N)c(C)c(N)c1.CCc1c(C)c(N)c(C)c(N)c1C.CCc1c(N)cc(C(C)=O)cc1N.Cc1c(N)cc(C(=O)CC(F)(F)F)cc1N.Cc1c(N)cc(C(C)C)cc1N. The Morgan fingerprint density at radius 3 is 0.925 bits per heavy atom. The van der Waals surface area contributed by atoms with Gasteiger partial charge in [0, 0.05) is 90.5 Å². The van der Waals surface area contributed by atoms with Crippen LogP contribution in [0, 0.1) is 62.3 Å². The summed E-state index contributed by atoms with van der Waals surface area (Å²) in [6.07, 6.45) is -4.25. The van der Waals surface area contributed by atoms with E-state index in [1.807, 2.05) is 60.6 Å². The van der Waals surface area contributed by atoms with Crippen molar-refractivity contribution in [1.29, 1.82) is 0 Å². The molecule has 0 aliphatic rings. The number of carbonyl (C=O) groups is 4. The topological polar surface area (TPSA) is 381 Å². The fourth-order valence-corrected chi connectivity index (χ4v) is 8.25. The molecule has 0 saturated heterocycles. The number of Topliss-reactive ketones (excluding diaryl/α,β-unsaturated/α-hetero) is 4. The smallest absolute Gasteiger partial charge is 0.396 e. The third-order valence-corrected chi connectivity index (χ3v) is 13.9. The van der Waals surface area contributed by atoms with Gasteiger partial charge in [0.25, 0.3) is 0 Å². The Kier molecular flexibility index (Phi) is 25.5. The van der Waals surface area contributed by atoms with Crippen molar-refractivity contribution in [2.75, 3.05) is 68.8 Å². The van der Waals surface area contributed by atoms with Gasteiger partial charge in [-0.25, -0.2) is 0 Å². The van der Waals surface area contributed by atoms with E-state index >= 15 is 0 Å². The highest BCUT2D eigenvalue weighted by molar-refractivity contribution is 6.01. The summed E-state index contributed by atoms with van der Waals surface area (Å²) in [6.45, 7) is 30.0. The third kappa shape index (κ3) is 18.5. The highest BCUT2D eigenvalue weighted by Crippen LogP contribution is 2.33. The molecule has 24 N–H and O–H groups in total. The van der Waals surface area contributed by atoms with Gasteiger partial charge in [0.15, 0.2) is 23.1 Å². The lowest BCUT2D eigenvalue weighted by Gasteiger charge is -2.16. The number of alkyl halides is 3. The van der Waals surface area contributed by atoms with E-state index in [0.717, 1.165) is 74.5 Å². The molecule has 436 valence electrons. The molecule has 6 aromatic rings. The number of nitrogen functional groups attached to an aromatic ring is 12. The largest absolute Gasteiger partial charge is 0.398 e. The van der Waals surface area contributed by atoms with Crippen LogP contribution in [0.4, 0.5) is 81.4 Å². The van der Waals surface area contributed by atoms with Crippen LogP contribution < -0.4 is 68.8 Å². The quantitative estimate of drug-likeness (QED) is 0.0497. The van der Waals surface area contributed by atoms with Crippen LogP contribution in [0.3, 0.4) is 0 Å². The Bertz CT molecular complexity index is 3110. The molecule has 0 spiro atoms. The van der Waals surface area contributed by atoms with Crippen LogP contribution in [-0.2, 0) is 12.8 Å². The monoisotopic (exact) mass is 1110 g/mol. The van der Waals surface area contributed by atoms with E-state index in [-0.39, 0.29) is 34.3 Å². The molecule has 0 aliphatic carbocycles. The zero-order valence-corrected chi connectivity index (χ0v) is 49.5. The van der Waals surface area contributed by atoms with E-state index in [4.69, 9.17) is 68.8 Å². The van der Waals surface area contributed by atoms with Crippen molar-refractivity contribution in [2.45, 2.75) is 142 Å². The number of halogens is 3. The van der Waals surface area contributed by atoms with Crippen molar-refractivity contribution in [3.8, 4) is 0 Å². The minimum Gasteiger partial charge on any atom is -0.398 e. The first-order valence-corrected chi connectivity index (χ1v) is 25.7. The van der Waals surface area contributed by atoms with Crippen LogP contribution in [0.1, 0.15) is 169 Å². The van der Waals surface area contributed by atoms with E-state index in [2.05, 4.69) is 34.6 Å². The number of hydrogen-bond donors (Lipinski definition) is 12. The Morgan fingerprint density at radius 2 is 0.662 bits per heavy atom. The van der Waals surface area contributed by atoms with Gasteiger partial charge in [-0.05, 0) is 217 Å². The van der Waals surface area contributed by atoms with Crippen molar-refractivity contribution in [3.63, 3.8) is 0 Å². The highest BCUT2D eigenvalue weighted by Gasteiger charge is 2.32. The standard InChI is InChI=1S/C11H16N2O.C11H18N2.C10H11F3N2O.C10H14N2O.C10H16N2.C9H12N2O/c1-5-9(8(4)14)6(2)11(13)7(3)10(5)12;1-5-9-6(2)10(12)8(4)11(13)7(9)3;1-5-7(14)2-6(3-8(5)15)9(16)4-10(11,12)13;1-3-8-9(11)4-7(6(2)13)5-10(8)12;1-6(2)8-4-9(11)7(3)10(12)5-8;1-5-8(10)3-7(6(2)12)4-9(5)11/h12-13H2,1-4H3;5,12-13H2,1-4H3;2-3H,4,14-15H2,1H3;4-5H,3,11-12H2,1-2H3;4-6H,11-12H2,1-3H3;3-4H,10-11H2,1-2H3. The lowest BCUT2D eigenvalue weighted by atomic mass is 9.93. The summed E-state index contributed by atoms with van der Waals surface area (Å²) in [5.41, 5.74) is 89.6. The van der Waals surface area contributed by atoms with Gasteiger partial charge in [-0.2, -0.15) is 13.2 Å². The number of nitrogens with two attached hydrogens (primary N) is 12. The van der Waals surface area contributed by atoms with Gasteiger partial charge in [0.1, 0.15) is 6.42 Å². The number of hydrogen-bond acceptors (Lipinski definition) is 16. The second-order valence-corrected chi connectivity index (χ2v) is 20.0. The van der Waals surface area contributed by atoms with Crippen LogP contribution in [0.25, 0.3) is 0 Å². The van der Waals surface area contributed by atoms with Gasteiger partial charge >= 0.3 is 6.18 Å². The van der Waals surface area contributed by atoms with E-state index in [0.29, 0.717) is 62.3 Å². The molecule has 0 unspecified atom stereocenters. The molecule has 6 rings (SSSR count). The minimum atomic E-state index is -4.52. The maximum Gasteiger partial charge on any atom is 0.396 e. The highest BCUT2D eigenvalue weighted by atomic mass is 19.4. The first kappa shape index (κ1) is 69.4. The summed E-state index contributed by atoms with van der Waals surface area (Å²) in [5, 5.41) is 0. The minimum absolute atomic E-state index is 0.0124. The van der Waals surface area contributed by atoms with Crippen LogP contribution in [0.15, 0.2) is 48.5 Å². The molecular weight excluding hydrogens is 1020 g/mol. The molecule has 0 aromatic heterocycles. The lowest BCUT2D eigenvalue weighted by molar-refractivity contribution is -0.125. The number of rotatable bonds is 8. The first-order chi connectivity index (χ1) is 36.7. The molecule has 0 fully saturated rings. The van der Waals surface area contributed by atoms with Gasteiger partial charge in [0.2, 0.25) is 0 Å². The number of benzene rings is 6. The van der Waals surface area contributed by atoms with Crippen molar-refractivity contribution < 1.29 is 32.3 Å². The molecule has 0 saturated carbocycles. The van der Waals surface area contributed by atoms with Crippen molar-refractivity contribution in [3.05, 3.63) is 138 Å². The third-order valence-electron chi connectivity index (χ3n) is 13.9. The zero-order valence-electron chi connectivity index (χ0n) is 49.5. The summed E-state index contributed by atoms with van der Waals surface area (Å²) in [6, 6.07) is 13.1. The Labute approximate surface area is 470 Å². The molecule has 80 heavy (non-hydrogen) atoms. The first-order valence-electron chi connectivity index (χ1n) is 25.7. The van der Waals surface area contributed by atoms with Crippen LogP contribution >= 0.6 is 0 Å². The number of ketones is 4. The molecule has 19 heteroatoms. The molecule has 0 atom stereocenters. The fourth-order valence-electron chi connectivity index (χ4n) is 8.25. The zero-order chi connectivity index (χ0) is 62.3. The molecule has 16 nitrogen and oxygen atoms in total. The van der Waals surface area contributed by atoms with Crippen LogP contribution in [-0.4, -0.2) is 29.3 Å². The predicted molar refractivity (Wildman–Crippen MR) is 332 cm³/mol. The molecule has 6 aromatic carbocycles. The second-order valence-electron chi connectivity index (χ2n) is 20.0. The summed E-state index contributed by atoms with van der Waals surface area (Å²) < 4.78 is 36.0. The maximum absolute atomic E-state index is 12.0. The van der Waals surface area contributed by atoms with Crippen molar-refractivity contribution in [1.82, 2.24) is 0 Å². The summed E-state index contributed by atoms with van der Waals surface area (Å²) >= 11 is 0. The maximum atomic E-state index is 12.0. The van der Waals surface area contributed by atoms with E-state index in [1.165, 1.54) is 55.2 Å². The Balaban J connectivity index is 0.000000481. The van der Waals surface area contributed by atoms with Gasteiger partial charge in [-0.15, -0.1) is 0 Å². The van der Waals surface area contributed by atoms with E-state index < -0.39 is 18.4 Å². The fraction of sp³-hybridized carbons (Fsp3) is 0.344. The summed E-state index contributed by atoms with van der Waals surface area (Å²) in [4.78, 5) is 44.6. The predicted octanol–water partition coefficient (Wildman–Crippen LogP) is 11.9. The van der Waals surface area contributed by atoms with Gasteiger partial charge in [-0.3, -0.25) is 19.2 Å². The van der Waals surface area contributed by atoms with Crippen LogP contribution in [0.5, 0.6) is 0 Å². The average Bonchev–Trinajstić information content (AvgIpc) is 3.36. The number of carbonyl (C=O) groups excluding carboxylic acids is 4. The Hall–Kier alpha value is -8.61. The Morgan fingerprint density at radius 1 is 0.388 bits per heavy atom. The molecule has 0 aliphatic heterocycles. The molecule has 0 bridgehead atoms. The van der Waals surface area contributed by atoms with Gasteiger partial charge < -0.3 is 68.8 Å². The van der Waals surface area contributed by atoms with E-state index in [1.54, 1.807) is 31.2 Å². The molecule has 0 amide bonds. The molecule has 0 radical (unpaired) electrons. The van der Waals surface area contributed by atoms with Gasteiger partial charge in [0.05, 0.1) is 0 Å². The molecular formula is C61H87F3N12O4. The number of anilines is 12. The summed E-state index contributed by atoms with van der Waals surface area (Å²) in [5.74, 6) is -0.575. The van der Waals surface area contributed by atoms with Gasteiger partial charge in [-0.1, -0.05) is 27.7 Å². The van der Waals surface area contributed by atoms with Crippen LogP contribution in [0.2, 0.25) is 0 Å². The lowest BCUT2D eigenvalue weighted by Crippen LogP contribution is -2.15. The summed E-state index contributed by atoms with van der Waals surface area (Å²) in [7, 11) is 0. The van der Waals surface area contributed by atoms with Crippen molar-refractivity contribution in [2.24, 2.45) is 0 Å². The normalized spacial score (nSPS) is 10.5. The molecule has 0 heterocycles.